The number of carbonyl (C=O) groups is 1. The molecule has 0 bridgehead atoms. The highest BCUT2D eigenvalue weighted by molar-refractivity contribution is 5.99. The topological polar surface area (TPSA) is 51.5 Å². The Morgan fingerprint density at radius 3 is 2.77 bits per heavy atom. The van der Waals surface area contributed by atoms with Crippen LogP contribution < -0.4 is 0 Å². The van der Waals surface area contributed by atoms with E-state index in [-0.39, 0.29) is 11.8 Å². The van der Waals surface area contributed by atoms with Crippen molar-refractivity contribution in [1.82, 2.24) is 4.98 Å². The van der Waals surface area contributed by atoms with Gasteiger partial charge in [-0.25, -0.2) is 0 Å². The van der Waals surface area contributed by atoms with E-state index in [1.165, 1.54) is 14.0 Å². The molecule has 0 spiro atoms. The zero-order valence-electron chi connectivity index (χ0n) is 7.52. The first-order valence-electron chi connectivity index (χ1n) is 3.78. The highest BCUT2D eigenvalue weighted by Gasteiger charge is 2.04. The minimum absolute atomic E-state index is 0.244. The lowest BCUT2D eigenvalue weighted by atomic mass is 10.3. The third-order valence-electron chi connectivity index (χ3n) is 1.34. The van der Waals surface area contributed by atoms with Gasteiger partial charge >= 0.3 is 0 Å². The molecule has 1 aromatic rings. The average molecular weight is 178 g/mol. The zero-order valence-corrected chi connectivity index (χ0v) is 7.52. The molecule has 13 heavy (non-hydrogen) atoms. The molecule has 1 aromatic heterocycles. The molecule has 0 aliphatic heterocycles. The standard InChI is InChI=1S/C9H10N2O2/c1-7(12)11-9(13-2)8-5-3-4-6-10-8/h3-6H,1-2H3. The number of carbonyl (C=O) groups excluding carboxylic acids is 1. The lowest BCUT2D eigenvalue weighted by molar-refractivity contribution is -0.115. The Labute approximate surface area is 76.3 Å². The van der Waals surface area contributed by atoms with Gasteiger partial charge in [0.25, 0.3) is 0 Å². The molecule has 0 unspecified atom stereocenters. The van der Waals surface area contributed by atoms with E-state index in [1.807, 2.05) is 0 Å². The summed E-state index contributed by atoms with van der Waals surface area (Å²) in [6.07, 6.45) is 1.62. The number of aliphatic imine (C=N–C) groups is 1. The van der Waals surface area contributed by atoms with Crippen molar-refractivity contribution in [3.63, 3.8) is 0 Å². The van der Waals surface area contributed by atoms with Gasteiger partial charge in [-0.15, -0.1) is 0 Å². The van der Waals surface area contributed by atoms with Crippen LogP contribution in [0.15, 0.2) is 29.4 Å². The molecule has 0 saturated carbocycles. The highest BCUT2D eigenvalue weighted by Crippen LogP contribution is 1.97. The van der Waals surface area contributed by atoms with Gasteiger partial charge in [0.2, 0.25) is 11.8 Å². The van der Waals surface area contributed by atoms with Crippen LogP contribution in [0.25, 0.3) is 0 Å². The number of rotatable bonds is 1. The van der Waals surface area contributed by atoms with E-state index in [9.17, 15) is 4.79 Å². The van der Waals surface area contributed by atoms with Gasteiger partial charge in [-0.05, 0) is 12.1 Å². The fourth-order valence-corrected chi connectivity index (χ4v) is 0.840. The van der Waals surface area contributed by atoms with Crippen LogP contribution in [-0.2, 0) is 9.53 Å². The SMILES string of the molecule is COC(=NC(C)=O)c1ccccn1. The molecular weight excluding hydrogens is 168 g/mol. The maximum atomic E-state index is 10.7. The monoisotopic (exact) mass is 178 g/mol. The molecule has 0 aromatic carbocycles. The molecule has 1 amide bonds. The Morgan fingerprint density at radius 2 is 2.31 bits per heavy atom. The predicted molar refractivity (Wildman–Crippen MR) is 48.5 cm³/mol. The van der Waals surface area contributed by atoms with Crippen molar-refractivity contribution in [3.8, 4) is 0 Å². The second-order valence-electron chi connectivity index (χ2n) is 2.36. The lowest BCUT2D eigenvalue weighted by Gasteiger charge is -2.01. The molecule has 1 heterocycles. The Bertz CT molecular complexity index is 320. The summed E-state index contributed by atoms with van der Waals surface area (Å²) in [7, 11) is 1.45. The number of amides is 1. The largest absolute Gasteiger partial charge is 0.479 e. The van der Waals surface area contributed by atoms with Crippen molar-refractivity contribution in [3.05, 3.63) is 30.1 Å². The summed E-state index contributed by atoms with van der Waals surface area (Å²) in [6.45, 7) is 1.36. The summed E-state index contributed by atoms with van der Waals surface area (Å²) >= 11 is 0. The maximum Gasteiger partial charge on any atom is 0.245 e. The van der Waals surface area contributed by atoms with E-state index in [2.05, 4.69) is 9.98 Å². The summed E-state index contributed by atoms with van der Waals surface area (Å²) in [5, 5.41) is 0. The number of nitrogens with zero attached hydrogens (tertiary/aromatic N) is 2. The van der Waals surface area contributed by atoms with Crippen LogP contribution in [0, 0.1) is 0 Å². The van der Waals surface area contributed by atoms with E-state index in [0.717, 1.165) is 0 Å². The van der Waals surface area contributed by atoms with Crippen molar-refractivity contribution in [2.24, 2.45) is 4.99 Å². The van der Waals surface area contributed by atoms with E-state index in [1.54, 1.807) is 24.4 Å². The third kappa shape index (κ3) is 2.66. The summed E-state index contributed by atoms with van der Waals surface area (Å²) in [5.41, 5.74) is 0.556. The Balaban J connectivity index is 2.98. The lowest BCUT2D eigenvalue weighted by Crippen LogP contribution is -2.07. The summed E-state index contributed by atoms with van der Waals surface area (Å²) in [4.78, 5) is 18.3. The molecule has 0 fully saturated rings. The molecule has 0 radical (unpaired) electrons. The summed E-state index contributed by atoms with van der Waals surface area (Å²) in [6, 6.07) is 5.31. The van der Waals surface area contributed by atoms with Gasteiger partial charge in [0.15, 0.2) is 0 Å². The quantitative estimate of drug-likeness (QED) is 0.476. The van der Waals surface area contributed by atoms with Crippen LogP contribution >= 0.6 is 0 Å². The normalized spacial score (nSPS) is 11.1. The first-order valence-corrected chi connectivity index (χ1v) is 3.78. The smallest absolute Gasteiger partial charge is 0.245 e. The van der Waals surface area contributed by atoms with Crippen molar-refractivity contribution >= 4 is 11.8 Å². The van der Waals surface area contributed by atoms with Crippen LogP contribution in [0.1, 0.15) is 12.6 Å². The Hall–Kier alpha value is -1.71. The zero-order chi connectivity index (χ0) is 9.68. The fourth-order valence-electron chi connectivity index (χ4n) is 0.840. The molecule has 0 aliphatic carbocycles. The van der Waals surface area contributed by atoms with Gasteiger partial charge in [0, 0.05) is 13.1 Å². The molecule has 0 atom stereocenters. The summed E-state index contributed by atoms with van der Waals surface area (Å²) < 4.78 is 4.91. The van der Waals surface area contributed by atoms with E-state index in [4.69, 9.17) is 4.74 Å². The number of aromatic nitrogens is 1. The van der Waals surface area contributed by atoms with Gasteiger partial charge in [0.05, 0.1) is 7.11 Å². The highest BCUT2D eigenvalue weighted by atomic mass is 16.5. The van der Waals surface area contributed by atoms with Crippen molar-refractivity contribution < 1.29 is 9.53 Å². The number of pyridine rings is 1. The van der Waals surface area contributed by atoms with Crippen LogP contribution in [0.5, 0.6) is 0 Å². The molecule has 0 aliphatic rings. The number of hydrogen-bond donors (Lipinski definition) is 0. The van der Waals surface area contributed by atoms with Crippen molar-refractivity contribution in [2.45, 2.75) is 6.92 Å². The van der Waals surface area contributed by atoms with Gasteiger partial charge in [-0.2, -0.15) is 4.99 Å². The molecule has 1 rings (SSSR count). The Kier molecular flexibility index (Phi) is 3.14. The number of methoxy groups -OCH3 is 1. The molecular formula is C9H10N2O2. The van der Waals surface area contributed by atoms with E-state index in [0.29, 0.717) is 5.69 Å². The molecule has 68 valence electrons. The molecule has 4 nitrogen and oxygen atoms in total. The fraction of sp³-hybridized carbons (Fsp3) is 0.222. The average Bonchev–Trinajstić information content (AvgIpc) is 2.15. The first kappa shape index (κ1) is 9.38. The van der Waals surface area contributed by atoms with Crippen molar-refractivity contribution in [1.29, 1.82) is 0 Å². The molecule has 0 saturated heterocycles. The molecule has 0 N–H and O–H groups in total. The maximum absolute atomic E-state index is 10.7. The van der Waals surface area contributed by atoms with E-state index < -0.39 is 0 Å². The predicted octanol–water partition coefficient (Wildman–Crippen LogP) is 1.02. The van der Waals surface area contributed by atoms with Crippen LogP contribution in [0.3, 0.4) is 0 Å². The van der Waals surface area contributed by atoms with Gasteiger partial charge in [0.1, 0.15) is 5.69 Å². The number of ether oxygens (including phenoxy) is 1. The van der Waals surface area contributed by atoms with Gasteiger partial charge in [-0.3, -0.25) is 9.78 Å². The van der Waals surface area contributed by atoms with Crippen molar-refractivity contribution in [2.75, 3.05) is 7.11 Å². The molecule has 4 heteroatoms. The van der Waals surface area contributed by atoms with Gasteiger partial charge in [-0.1, -0.05) is 6.07 Å². The summed E-state index contributed by atoms with van der Waals surface area (Å²) in [5.74, 6) is -0.0596. The second-order valence-corrected chi connectivity index (χ2v) is 2.36. The van der Waals surface area contributed by atoms with Crippen LogP contribution in [0.4, 0.5) is 0 Å². The van der Waals surface area contributed by atoms with Crippen LogP contribution in [-0.4, -0.2) is 23.9 Å². The minimum Gasteiger partial charge on any atom is -0.479 e. The Morgan fingerprint density at radius 1 is 1.54 bits per heavy atom. The first-order chi connectivity index (χ1) is 6.24. The second kappa shape index (κ2) is 4.35. The van der Waals surface area contributed by atoms with E-state index >= 15 is 0 Å². The van der Waals surface area contributed by atoms with Crippen LogP contribution in [0.2, 0.25) is 0 Å². The third-order valence-corrected chi connectivity index (χ3v) is 1.34. The minimum atomic E-state index is -0.303. The number of hydrogen-bond acceptors (Lipinski definition) is 3. The van der Waals surface area contributed by atoms with Gasteiger partial charge < -0.3 is 4.74 Å².